The third-order valence-corrected chi connectivity index (χ3v) is 45.5. The van der Waals surface area contributed by atoms with Gasteiger partial charge in [0, 0.05) is 78.9 Å². The summed E-state index contributed by atoms with van der Waals surface area (Å²) in [6.07, 6.45) is -4.31. The van der Waals surface area contributed by atoms with E-state index in [0.29, 0.717) is 22.3 Å². The number of carbonyl (C=O) groups excluding carboxylic acids is 6. The third-order valence-electron chi connectivity index (χ3n) is 36.2. The number of benzene rings is 3. The van der Waals surface area contributed by atoms with E-state index in [1.165, 1.54) is 20.8 Å². The lowest BCUT2D eigenvalue weighted by Crippen LogP contribution is -2.82. The second-order valence-corrected chi connectivity index (χ2v) is 55.1. The number of esters is 6. The molecule has 6 aliphatic heterocycles. The smallest absolute Gasteiger partial charge is 0.338 e. The number of fused-ring (bicyclic) bond motifs is 24. The molecule has 18 rings (SSSR count). The van der Waals surface area contributed by atoms with Gasteiger partial charge < -0.3 is 105 Å². The molecule has 0 amide bonds. The lowest BCUT2D eigenvalue weighted by Gasteiger charge is -2.69. The molecular formula is C108H150O28Si2. The van der Waals surface area contributed by atoms with Crippen molar-refractivity contribution in [3.05, 3.63) is 165 Å². The molecule has 6 heterocycles. The highest BCUT2D eigenvalue weighted by atomic mass is 28.4. The Bertz CT molecular complexity index is 5330. The summed E-state index contributed by atoms with van der Waals surface area (Å²) >= 11 is 0. The molecule has 28 nitrogen and oxygen atoms in total. The van der Waals surface area contributed by atoms with Crippen molar-refractivity contribution < 1.29 is 134 Å². The topological polar surface area (TPSA) is 360 Å². The van der Waals surface area contributed by atoms with Crippen molar-refractivity contribution in [3.8, 4) is 0 Å². The molecule has 3 aromatic carbocycles. The minimum atomic E-state index is -2.24. The highest BCUT2D eigenvalue weighted by Crippen LogP contribution is 2.72. The van der Waals surface area contributed by atoms with Gasteiger partial charge in [0.2, 0.25) is 0 Å². The quantitative estimate of drug-likeness (QED) is 0.0322. The van der Waals surface area contributed by atoms with E-state index in [-0.39, 0.29) is 45.5 Å². The first-order chi connectivity index (χ1) is 64.4. The second-order valence-electron chi connectivity index (χ2n) is 45.7. The summed E-state index contributed by atoms with van der Waals surface area (Å²) in [5.74, 6) is -8.93. The molecule has 6 saturated heterocycles. The van der Waals surface area contributed by atoms with E-state index in [1.807, 2.05) is 147 Å². The first kappa shape index (κ1) is 104. The van der Waals surface area contributed by atoms with Crippen molar-refractivity contribution in [1.29, 1.82) is 0 Å². The van der Waals surface area contributed by atoms with Crippen LogP contribution in [0.25, 0.3) is 0 Å². The van der Waals surface area contributed by atoms with Crippen molar-refractivity contribution in [2.75, 3.05) is 19.8 Å². The van der Waals surface area contributed by atoms with Crippen molar-refractivity contribution in [1.82, 2.24) is 0 Å². The Labute approximate surface area is 815 Å². The standard InChI is InChI=1S/C38H56O10Si.C38H54O9Si.C32H40O9/c1-11-49(12-2,13-3)48-25-20-38(42)32(44-33(41)24-17-15-14-16-18-24)30-36(10,26(40)19-27-37(30,21-43-27)45-23(5)39)31-29(46-35(8,9)47-31)28(22(25)4)34(38,6)7;1-11-48(12-2,13-3)47-26-21-38(41)32(43-33(40)25-17-15-14-16-18-25)30-36(10,20-19-27-37(30,22-42-27)44-24(5)39)31-29(45-35(8,9)46-31)28(23(26)4)34(38,6)7;1-17-20(34)15-32(36)26(38-27(35)19-11-9-8-10-12-19)24-30(7,14-13-21-31(24,16-37-21)39-18(2)33)25-23(22(17)28(32,3)4)40-29(5,6)41-25/h14-18,25-27,29-32,40,42H,11-13,19-21H2,1-10H3;14-20,26-27,29-32,41H,11-13,21-22H2,1-10H3;8-14,20-21,23-26,34,36H,15-16H2,1-7H3/t25?,26?,27?,29?,30?,31?,32?,36-,37?,38?;26?,27?,29?,30?,31?,32?,36-,37?,38?;20-,21+,23+,24-,25+,26-,30+,31-,32+/m110/s1. The van der Waals surface area contributed by atoms with E-state index < -0.39 is 251 Å². The van der Waals surface area contributed by atoms with Crippen LogP contribution in [0.15, 0.2) is 149 Å². The average Bonchev–Trinajstić information content (AvgIpc) is 1.24. The fourth-order valence-electron chi connectivity index (χ4n) is 28.2. The fraction of sp³-hybridized carbons (Fsp3) is 0.685. The average molecular weight is 1950 g/mol. The van der Waals surface area contributed by atoms with Crippen LogP contribution < -0.4 is 0 Å². The highest BCUT2D eigenvalue weighted by Gasteiger charge is 2.83. The zero-order valence-corrected chi connectivity index (χ0v) is 87.8. The Morgan fingerprint density at radius 1 is 0.391 bits per heavy atom. The Hall–Kier alpha value is -7.03. The van der Waals surface area contributed by atoms with Crippen LogP contribution >= 0.6 is 0 Å². The largest absolute Gasteiger partial charge is 0.455 e. The first-order valence-electron chi connectivity index (χ1n) is 50.1. The maximum atomic E-state index is 14.2. The monoisotopic (exact) mass is 1950 g/mol. The van der Waals surface area contributed by atoms with Crippen molar-refractivity contribution >= 4 is 52.5 Å². The lowest BCUT2D eigenvalue weighted by atomic mass is 9.44. The van der Waals surface area contributed by atoms with Gasteiger partial charge in [-0.3, -0.25) is 14.4 Å². The molecule has 4 saturated carbocycles. The molecule has 6 bridgehead atoms. The van der Waals surface area contributed by atoms with Gasteiger partial charge in [-0.15, -0.1) is 0 Å². The molecule has 0 radical (unpaired) electrons. The molecule has 30 heteroatoms. The zero-order valence-electron chi connectivity index (χ0n) is 85.8. The summed E-state index contributed by atoms with van der Waals surface area (Å²) in [6.45, 7) is 52.2. The van der Waals surface area contributed by atoms with Gasteiger partial charge in [-0.1, -0.05) is 183 Å². The summed E-state index contributed by atoms with van der Waals surface area (Å²) in [7, 11) is -4.43. The number of rotatable bonds is 19. The normalized spacial score (nSPS) is 40.9. The van der Waals surface area contributed by atoms with Gasteiger partial charge >= 0.3 is 35.8 Å². The summed E-state index contributed by atoms with van der Waals surface area (Å²) in [5.41, 5.74) is -9.16. The van der Waals surface area contributed by atoms with Crippen molar-refractivity contribution in [3.63, 3.8) is 0 Å². The molecule has 5 N–H and O–H groups in total. The second kappa shape index (κ2) is 35.7. The number of ether oxygens (including phenoxy) is 15. The predicted molar refractivity (Wildman–Crippen MR) is 513 cm³/mol. The molecule has 0 spiro atoms. The lowest BCUT2D eigenvalue weighted by molar-refractivity contribution is -0.362. The minimum absolute atomic E-state index is 0.0148. The Kier molecular flexibility index (Phi) is 26.9. The van der Waals surface area contributed by atoms with Gasteiger partial charge in [0.1, 0.15) is 83.9 Å². The number of carbonyl (C=O) groups is 6. The molecule has 17 unspecified atom stereocenters. The molecule has 0 aromatic heterocycles. The zero-order chi connectivity index (χ0) is 101. The van der Waals surface area contributed by atoms with Crippen LogP contribution in [-0.4, -0.2) is 246 Å². The van der Waals surface area contributed by atoms with Crippen LogP contribution in [0.1, 0.15) is 244 Å². The highest BCUT2D eigenvalue weighted by molar-refractivity contribution is 6.74. The molecule has 758 valence electrons. The summed E-state index contributed by atoms with van der Waals surface area (Å²) in [6, 6.07) is 31.6. The molecule has 28 atom stereocenters. The number of hydrogen-bond acceptors (Lipinski definition) is 28. The van der Waals surface area contributed by atoms with Crippen LogP contribution in [0.4, 0.5) is 0 Å². The summed E-state index contributed by atoms with van der Waals surface area (Å²) in [4.78, 5) is 80.8. The van der Waals surface area contributed by atoms with E-state index in [1.54, 1.807) is 78.9 Å². The Morgan fingerprint density at radius 3 is 1.01 bits per heavy atom. The van der Waals surface area contributed by atoms with Gasteiger partial charge in [-0.25, -0.2) is 14.4 Å². The van der Waals surface area contributed by atoms with Crippen LogP contribution in [-0.2, 0) is 94.3 Å². The SMILES string of the molecule is CC(=O)O[C@@]12CO[C@@H]1C=C[C@@]1(C)[C@@H]3OC(C)(C)O[C@@H]3C3=C(C)[C@@H](O)C[C@@](O)([C@@H](OC(=O)c4ccccc4)[C@@H]12)C3(C)C.CC[Si](CC)(CC)OC1CC2(O)C(OC(=O)c3ccccc3)C3C4(OC(C)=O)COC4C=C[C@@]3(C)C3OC(C)(C)OC3C(=C1C)C2(C)C.CC[Si](CC)(CC)OC1CC2(O)C(OC(=O)c3ccccc3)C3C4(OC(C)=O)COC4CC(O)[C@@]3(C)C3OC(C)(C)OC3C(=C1C)C2(C)C. The van der Waals surface area contributed by atoms with Gasteiger partial charge in [0.25, 0.3) is 0 Å². The molecule has 3 aromatic rings. The van der Waals surface area contributed by atoms with Gasteiger partial charge in [0.05, 0.1) is 84.8 Å². The molecule has 10 fully saturated rings. The number of aliphatic hydroxyl groups excluding tert-OH is 2. The van der Waals surface area contributed by atoms with E-state index in [0.717, 1.165) is 64.1 Å². The van der Waals surface area contributed by atoms with Gasteiger partial charge in [-0.05, 0) is 168 Å². The van der Waals surface area contributed by atoms with E-state index in [4.69, 9.17) is 79.9 Å². The summed E-state index contributed by atoms with van der Waals surface area (Å²) in [5, 5.41) is 64.1. The fourth-order valence-corrected chi connectivity index (χ4v) is 34.0. The Balaban J connectivity index is 0.000000150. The van der Waals surface area contributed by atoms with Crippen molar-refractivity contribution in [2.24, 2.45) is 50.2 Å². The minimum Gasteiger partial charge on any atom is -0.455 e. The predicted octanol–water partition coefficient (Wildman–Crippen LogP) is 15.7. The van der Waals surface area contributed by atoms with Crippen LogP contribution in [0.2, 0.25) is 36.3 Å². The Morgan fingerprint density at radius 2 is 0.696 bits per heavy atom. The molecule has 138 heavy (non-hydrogen) atoms. The first-order valence-corrected chi connectivity index (χ1v) is 55.1. The van der Waals surface area contributed by atoms with Gasteiger partial charge in [0.15, 0.2) is 50.8 Å². The third kappa shape index (κ3) is 15.9. The van der Waals surface area contributed by atoms with E-state index >= 15 is 0 Å². The number of hydrogen-bond donors (Lipinski definition) is 5. The molecule has 9 aliphatic carbocycles. The molecule has 15 aliphatic rings. The van der Waals surface area contributed by atoms with E-state index in [2.05, 4.69) is 55.4 Å². The van der Waals surface area contributed by atoms with Crippen LogP contribution in [0, 0.1) is 50.2 Å². The van der Waals surface area contributed by atoms with Gasteiger partial charge in [-0.2, -0.15) is 0 Å². The van der Waals surface area contributed by atoms with Crippen LogP contribution in [0.5, 0.6) is 0 Å². The van der Waals surface area contributed by atoms with E-state index in [9.17, 15) is 54.3 Å². The molecular weight excluding hydrogens is 1800 g/mol. The number of aliphatic hydroxyl groups is 5. The van der Waals surface area contributed by atoms with Crippen molar-refractivity contribution in [2.45, 2.75) is 398 Å². The maximum absolute atomic E-state index is 14.2. The van der Waals surface area contributed by atoms with Crippen LogP contribution in [0.3, 0.4) is 0 Å². The summed E-state index contributed by atoms with van der Waals surface area (Å²) < 4.78 is 112. The maximum Gasteiger partial charge on any atom is 0.338 e.